The van der Waals surface area contributed by atoms with Gasteiger partial charge in [-0.2, -0.15) is 0 Å². The first-order valence-corrected chi connectivity index (χ1v) is 8.78. The van der Waals surface area contributed by atoms with Crippen molar-refractivity contribution in [1.29, 1.82) is 0 Å². The van der Waals surface area contributed by atoms with Crippen molar-refractivity contribution in [1.82, 2.24) is 19.6 Å². The second-order valence-corrected chi connectivity index (χ2v) is 6.81. The lowest BCUT2D eigenvalue weighted by molar-refractivity contribution is -0.139. The lowest BCUT2D eigenvalue weighted by atomic mass is 10.2. The molecule has 2 aromatic rings. The number of likely N-dealkylation sites (N-methyl/N-ethyl adjacent to an activating group) is 1. The Morgan fingerprint density at radius 2 is 1.88 bits per heavy atom. The summed E-state index contributed by atoms with van der Waals surface area (Å²) in [7, 11) is 2.06. The smallest absolute Gasteiger partial charge is 0.263 e. The Kier molecular flexibility index (Phi) is 5.20. The lowest BCUT2D eigenvalue weighted by Crippen LogP contribution is -2.50. The van der Waals surface area contributed by atoms with Crippen LogP contribution in [0.5, 0.6) is 5.88 Å². The number of hydrogen-bond donors (Lipinski definition) is 0. The fourth-order valence-corrected chi connectivity index (χ4v) is 3.00. The van der Waals surface area contributed by atoms with E-state index >= 15 is 0 Å². The van der Waals surface area contributed by atoms with Gasteiger partial charge in [0.15, 0.2) is 6.10 Å². The molecule has 2 heterocycles. The maximum Gasteiger partial charge on any atom is 0.263 e. The van der Waals surface area contributed by atoms with Crippen molar-refractivity contribution in [3.05, 3.63) is 41.0 Å². The molecule has 3 rings (SSSR count). The highest BCUT2D eigenvalue weighted by atomic mass is 79.9. The van der Waals surface area contributed by atoms with Gasteiger partial charge in [-0.15, -0.1) is 5.10 Å². The Morgan fingerprint density at radius 1 is 1.21 bits per heavy atom. The Bertz CT molecular complexity index is 696. The molecule has 0 bridgehead atoms. The fraction of sp³-hybridized carbons (Fsp3) is 0.412. The van der Waals surface area contributed by atoms with E-state index in [1.54, 1.807) is 11.6 Å². The molecule has 0 aliphatic carbocycles. The third kappa shape index (κ3) is 3.79. The maximum atomic E-state index is 12.5. The quantitative estimate of drug-likeness (QED) is 0.799. The van der Waals surface area contributed by atoms with Crippen LogP contribution >= 0.6 is 15.9 Å². The Balaban J connectivity index is 1.67. The first-order chi connectivity index (χ1) is 11.5. The summed E-state index contributed by atoms with van der Waals surface area (Å²) < 4.78 is 8.26. The van der Waals surface area contributed by atoms with Crippen LogP contribution in [0.1, 0.15) is 6.92 Å². The van der Waals surface area contributed by atoms with E-state index < -0.39 is 6.10 Å². The standard InChI is InChI=1S/C17H21BrN4O2/c1-13(17(23)21-10-8-20(2)9-11-21)24-16-15(18)12-22(19-16)14-6-4-3-5-7-14/h3-7,12-13H,8-11H2,1-2H3. The molecule has 7 heteroatoms. The van der Waals surface area contributed by atoms with Crippen molar-refractivity contribution < 1.29 is 9.53 Å². The molecule has 1 aromatic carbocycles. The normalized spacial score (nSPS) is 16.9. The van der Waals surface area contributed by atoms with Gasteiger partial charge in [0.1, 0.15) is 0 Å². The lowest BCUT2D eigenvalue weighted by Gasteiger charge is -2.33. The molecule has 24 heavy (non-hydrogen) atoms. The highest BCUT2D eigenvalue weighted by Gasteiger charge is 2.26. The largest absolute Gasteiger partial charge is 0.463 e. The number of hydrogen-bond acceptors (Lipinski definition) is 4. The Hall–Kier alpha value is -1.86. The van der Waals surface area contributed by atoms with Crippen molar-refractivity contribution in [3.8, 4) is 11.6 Å². The van der Waals surface area contributed by atoms with Gasteiger partial charge in [-0.25, -0.2) is 4.68 Å². The Morgan fingerprint density at radius 3 is 2.54 bits per heavy atom. The maximum absolute atomic E-state index is 12.5. The highest BCUT2D eigenvalue weighted by molar-refractivity contribution is 9.10. The average Bonchev–Trinajstić information content (AvgIpc) is 2.96. The van der Waals surface area contributed by atoms with E-state index in [9.17, 15) is 4.79 Å². The number of aromatic nitrogens is 2. The zero-order valence-electron chi connectivity index (χ0n) is 13.9. The van der Waals surface area contributed by atoms with Gasteiger partial charge in [0.25, 0.3) is 5.91 Å². The first-order valence-electron chi connectivity index (χ1n) is 7.99. The summed E-state index contributed by atoms with van der Waals surface area (Å²) >= 11 is 3.46. The van der Waals surface area contributed by atoms with Crippen LogP contribution in [0.15, 0.2) is 41.0 Å². The molecule has 128 valence electrons. The van der Waals surface area contributed by atoms with E-state index in [4.69, 9.17) is 4.74 Å². The number of para-hydroxylation sites is 1. The minimum Gasteiger partial charge on any atom is -0.463 e. The second kappa shape index (κ2) is 7.36. The van der Waals surface area contributed by atoms with Crippen molar-refractivity contribution >= 4 is 21.8 Å². The first kappa shape index (κ1) is 17.0. The molecule has 6 nitrogen and oxygen atoms in total. The van der Waals surface area contributed by atoms with Crippen molar-refractivity contribution in [2.75, 3.05) is 33.2 Å². The molecule has 1 fully saturated rings. The molecular formula is C17H21BrN4O2. The molecule has 1 aliphatic rings. The number of amides is 1. The van der Waals surface area contributed by atoms with Crippen molar-refractivity contribution in [2.24, 2.45) is 0 Å². The van der Waals surface area contributed by atoms with E-state index in [0.717, 1.165) is 36.3 Å². The highest BCUT2D eigenvalue weighted by Crippen LogP contribution is 2.25. The van der Waals surface area contributed by atoms with Gasteiger partial charge in [0, 0.05) is 32.4 Å². The summed E-state index contributed by atoms with van der Waals surface area (Å²) in [4.78, 5) is 16.6. The molecule has 0 radical (unpaired) electrons. The monoisotopic (exact) mass is 392 g/mol. The number of rotatable bonds is 4. The van der Waals surface area contributed by atoms with Gasteiger partial charge in [-0.1, -0.05) is 18.2 Å². The van der Waals surface area contributed by atoms with E-state index in [-0.39, 0.29) is 5.91 Å². The van der Waals surface area contributed by atoms with Crippen LogP contribution in [-0.2, 0) is 4.79 Å². The summed E-state index contributed by atoms with van der Waals surface area (Å²) in [6.45, 7) is 5.04. The molecular weight excluding hydrogens is 372 g/mol. The topological polar surface area (TPSA) is 50.6 Å². The van der Waals surface area contributed by atoms with Gasteiger partial charge >= 0.3 is 0 Å². The van der Waals surface area contributed by atoms with Crippen LogP contribution in [0.4, 0.5) is 0 Å². The molecule has 0 saturated carbocycles. The number of benzene rings is 1. The number of ether oxygens (including phenoxy) is 1. The molecule has 1 atom stereocenters. The number of nitrogens with zero attached hydrogens (tertiary/aromatic N) is 4. The third-order valence-corrected chi connectivity index (χ3v) is 4.65. The minimum atomic E-state index is -0.566. The predicted molar refractivity (Wildman–Crippen MR) is 95.4 cm³/mol. The third-order valence-electron chi connectivity index (χ3n) is 4.11. The van der Waals surface area contributed by atoms with E-state index in [2.05, 4.69) is 33.0 Å². The zero-order chi connectivity index (χ0) is 17.1. The fourth-order valence-electron chi connectivity index (χ4n) is 2.63. The summed E-state index contributed by atoms with van der Waals surface area (Å²) in [5, 5.41) is 4.43. The molecule has 1 aromatic heterocycles. The van der Waals surface area contributed by atoms with Gasteiger partial charge in [-0.3, -0.25) is 4.79 Å². The van der Waals surface area contributed by atoms with Crippen LogP contribution in [0, 0.1) is 0 Å². The molecule has 0 N–H and O–H groups in total. The van der Waals surface area contributed by atoms with Gasteiger partial charge in [0.2, 0.25) is 5.88 Å². The van der Waals surface area contributed by atoms with E-state index in [1.807, 2.05) is 41.4 Å². The zero-order valence-corrected chi connectivity index (χ0v) is 15.4. The summed E-state index contributed by atoms with van der Waals surface area (Å²) in [5.41, 5.74) is 0.936. The summed E-state index contributed by atoms with van der Waals surface area (Å²) in [6.07, 6.45) is 1.27. The number of halogens is 1. The Labute approximate surface area is 150 Å². The van der Waals surface area contributed by atoms with Gasteiger partial charge in [0.05, 0.1) is 10.2 Å². The number of carbonyl (C=O) groups excluding carboxylic acids is 1. The van der Waals surface area contributed by atoms with Crippen LogP contribution in [0.2, 0.25) is 0 Å². The summed E-state index contributed by atoms with van der Waals surface area (Å²) in [6, 6.07) is 9.77. The number of carbonyl (C=O) groups is 1. The average molecular weight is 393 g/mol. The van der Waals surface area contributed by atoms with Gasteiger partial charge in [-0.05, 0) is 42.0 Å². The van der Waals surface area contributed by atoms with Crippen LogP contribution in [0.3, 0.4) is 0 Å². The van der Waals surface area contributed by atoms with Gasteiger partial charge < -0.3 is 14.5 Å². The molecule has 1 aliphatic heterocycles. The van der Waals surface area contributed by atoms with Crippen LogP contribution < -0.4 is 4.74 Å². The van der Waals surface area contributed by atoms with Crippen LogP contribution in [-0.4, -0.2) is 64.8 Å². The van der Waals surface area contributed by atoms with Crippen LogP contribution in [0.25, 0.3) is 5.69 Å². The molecule has 1 amide bonds. The van der Waals surface area contributed by atoms with Crippen molar-refractivity contribution in [3.63, 3.8) is 0 Å². The SMILES string of the molecule is CC(Oc1nn(-c2ccccc2)cc1Br)C(=O)N1CCN(C)CC1. The molecule has 1 unspecified atom stereocenters. The summed E-state index contributed by atoms with van der Waals surface area (Å²) in [5.74, 6) is 0.429. The predicted octanol–water partition coefficient (Wildman–Crippen LogP) is 2.18. The minimum absolute atomic E-state index is 0.00395. The molecule has 1 saturated heterocycles. The van der Waals surface area contributed by atoms with E-state index in [1.165, 1.54) is 0 Å². The van der Waals surface area contributed by atoms with Crippen molar-refractivity contribution in [2.45, 2.75) is 13.0 Å². The molecule has 0 spiro atoms. The van der Waals surface area contributed by atoms with E-state index in [0.29, 0.717) is 5.88 Å². The number of piperazine rings is 1. The second-order valence-electron chi connectivity index (χ2n) is 5.95.